The fraction of sp³-hybridized carbons (Fsp3) is 0. The van der Waals surface area contributed by atoms with Crippen molar-refractivity contribution in [3.05, 3.63) is 0 Å². The molecule has 0 atom stereocenters. The molecule has 0 saturated carbocycles. The van der Waals surface area contributed by atoms with Crippen LogP contribution in [0.4, 0.5) is 0 Å². The summed E-state index contributed by atoms with van der Waals surface area (Å²) in [5.41, 5.74) is 0. The van der Waals surface area contributed by atoms with Crippen molar-refractivity contribution in [2.75, 3.05) is 0 Å². The maximum Gasteiger partial charge on any atom is 1.00 e. The predicted molar refractivity (Wildman–Crippen MR) is 52.6 cm³/mol. The van der Waals surface area contributed by atoms with Gasteiger partial charge >= 0.3 is 60.8 Å². The molecule has 0 aliphatic carbocycles. The number of rotatable bonds is 5. The van der Waals surface area contributed by atoms with Crippen LogP contribution in [0.5, 0.6) is 0 Å². The topological polar surface area (TPSA) is 283 Å². The smallest absolute Gasteiger partial charge is 0.725 e. The summed E-state index contributed by atoms with van der Waals surface area (Å²) in [6.07, 6.45) is 0. The van der Waals surface area contributed by atoms with E-state index >= 15 is 0 Å². The van der Waals surface area contributed by atoms with Crippen LogP contribution in [0.2, 0.25) is 0 Å². The van der Waals surface area contributed by atoms with E-state index in [0.29, 0.717) is 0 Å². The van der Waals surface area contributed by atoms with Crippen LogP contribution in [0.1, 0.15) is 0 Å². The molecule has 21 heavy (non-hydrogen) atoms. The van der Waals surface area contributed by atoms with Gasteiger partial charge < -0.3 is 10.7 Å². The molecule has 0 aromatic heterocycles. The van der Waals surface area contributed by atoms with E-state index < -0.39 is 41.6 Å². The monoisotopic (exact) mass is 411 g/mol. The number of hydrogen-bond donors (Lipinski definition) is 4. The summed E-state index contributed by atoms with van der Waals surface area (Å²) in [7, 11) is -20.6. The third-order valence-electron chi connectivity index (χ3n) is 0.369. The van der Waals surface area contributed by atoms with Crippen molar-refractivity contribution in [1.82, 2.24) is 6.15 Å². The van der Waals surface area contributed by atoms with E-state index in [2.05, 4.69) is 12.3 Å². The Labute approximate surface area is 141 Å². The maximum absolute atomic E-state index is 9.51. The molecule has 0 amide bonds. The molecular weight excluding hydrogens is 405 g/mol. The Bertz CT molecular complexity index is 613. The standard InChI is InChI=1S/H3N.Na.H2O8S2.H2O7S2/c;;1-9(2,3)7-8-10(4,5)6;1-8(2,3)7-9(4,5)6/h1H3;;(H,1,2,3)(H,4,5,6);(H,1,2,3)(H,4,5,6)/q;+1;;/p-1. The van der Waals surface area contributed by atoms with Crippen LogP contribution in [0.25, 0.3) is 0 Å². The van der Waals surface area contributed by atoms with Gasteiger partial charge in [0.15, 0.2) is 0 Å². The van der Waals surface area contributed by atoms with Crippen molar-refractivity contribution in [3.8, 4) is 0 Å². The minimum atomic E-state index is -5.37. The summed E-state index contributed by atoms with van der Waals surface area (Å²) in [6, 6.07) is 0. The molecule has 0 aliphatic rings. The number of hydrogen-bond acceptors (Lipinski definition) is 13. The van der Waals surface area contributed by atoms with Crippen molar-refractivity contribution in [1.29, 1.82) is 0 Å². The zero-order chi connectivity index (χ0) is 16.1. The van der Waals surface area contributed by atoms with Crippen molar-refractivity contribution < 1.29 is 93.7 Å². The van der Waals surface area contributed by atoms with E-state index in [0.717, 1.165) is 0 Å². The SMILES string of the molecule is N.O=S(=O)(O)OOS(=O)(=O)O.O=S(=O)([O-])OS(=O)(=O)O.[Na+]. The van der Waals surface area contributed by atoms with E-state index in [1.165, 1.54) is 0 Å². The first-order valence-electron chi connectivity index (χ1n) is 2.88. The van der Waals surface area contributed by atoms with E-state index in [1.807, 2.05) is 0 Å². The van der Waals surface area contributed by atoms with Gasteiger partial charge in [-0.05, 0) is 0 Å². The van der Waals surface area contributed by atoms with Gasteiger partial charge in [-0.3, -0.25) is 13.7 Å². The van der Waals surface area contributed by atoms with E-state index in [9.17, 15) is 38.2 Å². The minimum absolute atomic E-state index is 0. The van der Waals surface area contributed by atoms with Crippen LogP contribution in [-0.2, 0) is 53.9 Å². The third-order valence-corrected chi connectivity index (χ3v) is 2.29. The Balaban J connectivity index is -0.000000126. The van der Waals surface area contributed by atoms with Gasteiger partial charge in [-0.2, -0.15) is 25.3 Å². The molecule has 21 heteroatoms. The normalized spacial score (nSPS) is 12.2. The van der Waals surface area contributed by atoms with Crippen LogP contribution in [0, 0.1) is 0 Å². The average molecular weight is 411 g/mol. The zero-order valence-electron chi connectivity index (χ0n) is 9.58. The van der Waals surface area contributed by atoms with Gasteiger partial charge in [0.05, 0.1) is 0 Å². The summed E-state index contributed by atoms with van der Waals surface area (Å²) in [4.78, 5) is 0. The van der Waals surface area contributed by atoms with E-state index in [-0.39, 0.29) is 35.7 Å². The first kappa shape index (κ1) is 29.5. The third kappa shape index (κ3) is 38.5. The first-order chi connectivity index (χ1) is 7.91. The van der Waals surface area contributed by atoms with Crippen LogP contribution in [0.15, 0.2) is 0 Å². The van der Waals surface area contributed by atoms with Gasteiger partial charge in [-0.1, -0.05) is 8.67 Å². The zero-order valence-corrected chi connectivity index (χ0v) is 14.8. The molecule has 0 radical (unpaired) electrons. The summed E-state index contributed by atoms with van der Waals surface area (Å²) >= 11 is 0. The second-order valence-corrected chi connectivity index (χ2v) is 6.09. The molecule has 16 nitrogen and oxygen atoms in total. The molecule has 0 rings (SSSR count). The molecule has 0 heterocycles. The van der Waals surface area contributed by atoms with E-state index in [4.69, 9.17) is 13.7 Å². The first-order valence-corrected chi connectivity index (χ1v) is 8.31. The Kier molecular flexibility index (Phi) is 14.4. The fourth-order valence-corrected chi connectivity index (χ4v) is 1.58. The predicted octanol–water partition coefficient (Wildman–Crippen LogP) is -6.03. The van der Waals surface area contributed by atoms with Gasteiger partial charge in [-0.15, -0.1) is 3.63 Å². The van der Waals surface area contributed by atoms with Gasteiger partial charge in [0.25, 0.3) is 0 Å². The molecule has 0 bridgehead atoms. The van der Waals surface area contributed by atoms with E-state index in [1.54, 1.807) is 0 Å². The summed E-state index contributed by atoms with van der Waals surface area (Å²) in [6.45, 7) is 0. The largest absolute Gasteiger partial charge is 1.00 e. The summed E-state index contributed by atoms with van der Waals surface area (Å²) in [5, 5.41) is 0. The molecule has 0 fully saturated rings. The van der Waals surface area contributed by atoms with Gasteiger partial charge in [-0.25, -0.2) is 8.42 Å². The van der Waals surface area contributed by atoms with Crippen molar-refractivity contribution >= 4 is 41.6 Å². The second kappa shape index (κ2) is 10.3. The molecular formula is H6NNaO15S4. The molecule has 6 N–H and O–H groups in total. The molecule has 0 aliphatic heterocycles. The quantitative estimate of drug-likeness (QED) is 0.108. The Morgan fingerprint density at radius 3 is 0.952 bits per heavy atom. The summed E-state index contributed by atoms with van der Waals surface area (Å²) < 4.78 is 116. The van der Waals surface area contributed by atoms with Crippen LogP contribution in [0.3, 0.4) is 0 Å². The van der Waals surface area contributed by atoms with Gasteiger partial charge in [0, 0.05) is 0 Å². The molecule has 126 valence electrons. The Morgan fingerprint density at radius 2 is 0.905 bits per heavy atom. The van der Waals surface area contributed by atoms with Crippen LogP contribution >= 0.6 is 0 Å². The average Bonchev–Trinajstić information content (AvgIpc) is 1.91. The molecule has 0 spiro atoms. The fourth-order valence-electron chi connectivity index (χ4n) is 0.176. The van der Waals surface area contributed by atoms with Crippen LogP contribution < -0.4 is 35.7 Å². The Morgan fingerprint density at radius 1 is 0.667 bits per heavy atom. The molecule has 0 aromatic carbocycles. The minimum Gasteiger partial charge on any atom is -0.725 e. The summed E-state index contributed by atoms with van der Waals surface area (Å²) in [5.74, 6) is 0. The molecule has 0 aromatic rings. The van der Waals surface area contributed by atoms with Crippen molar-refractivity contribution in [2.45, 2.75) is 0 Å². The molecule has 0 unspecified atom stereocenters. The van der Waals surface area contributed by atoms with Gasteiger partial charge in [0.1, 0.15) is 0 Å². The van der Waals surface area contributed by atoms with Crippen LogP contribution in [-0.4, -0.2) is 51.9 Å². The van der Waals surface area contributed by atoms with Gasteiger partial charge in [0.2, 0.25) is 10.4 Å². The second-order valence-electron chi connectivity index (χ2n) is 1.90. The van der Waals surface area contributed by atoms with Crippen molar-refractivity contribution in [2.24, 2.45) is 0 Å². The Hall–Kier alpha value is 0.480. The maximum atomic E-state index is 9.51. The molecule has 0 saturated heterocycles. The van der Waals surface area contributed by atoms with Crippen molar-refractivity contribution in [3.63, 3.8) is 0 Å².